The molecule has 0 atom stereocenters. The third-order valence-corrected chi connectivity index (χ3v) is 0.795. The molecule has 0 bridgehead atoms. The number of carbonyl (C=O) groups excluding carboxylic acids is 1. The zero-order valence-electron chi connectivity index (χ0n) is 5.05. The van der Waals surface area contributed by atoms with E-state index in [1.54, 1.807) is 0 Å². The Morgan fingerprint density at radius 2 is 2.33 bits per heavy atom. The van der Waals surface area contributed by atoms with Crippen molar-refractivity contribution in [2.45, 2.75) is 6.42 Å². The molecular formula is C6H8N2O. The van der Waals surface area contributed by atoms with Crippen molar-refractivity contribution < 1.29 is 4.79 Å². The Hall–Kier alpha value is -1.25. The average Bonchev–Trinajstić information content (AvgIpc) is 1.87. The van der Waals surface area contributed by atoms with Crippen LogP contribution in [0.1, 0.15) is 6.42 Å². The summed E-state index contributed by atoms with van der Waals surface area (Å²) in [4.78, 5) is 13.6. The fraction of sp³-hybridized carbons (Fsp3) is 0.167. The summed E-state index contributed by atoms with van der Waals surface area (Å²) in [5, 5.41) is 6.60. The quantitative estimate of drug-likeness (QED) is 0.439. The van der Waals surface area contributed by atoms with Gasteiger partial charge in [-0.05, 0) is 12.9 Å². The summed E-state index contributed by atoms with van der Waals surface area (Å²) >= 11 is 0. The van der Waals surface area contributed by atoms with Crippen molar-refractivity contribution in [1.82, 2.24) is 0 Å². The van der Waals surface area contributed by atoms with Crippen LogP contribution in [0.25, 0.3) is 0 Å². The lowest BCUT2D eigenvalue weighted by Crippen LogP contribution is -1.96. The van der Waals surface area contributed by atoms with Gasteiger partial charge in [-0.2, -0.15) is 0 Å². The van der Waals surface area contributed by atoms with Gasteiger partial charge in [0.1, 0.15) is 0 Å². The molecule has 0 aliphatic carbocycles. The molecule has 0 spiro atoms. The lowest BCUT2D eigenvalue weighted by molar-refractivity contribution is -0.114. The van der Waals surface area contributed by atoms with Crippen molar-refractivity contribution in [1.29, 1.82) is 5.41 Å². The monoisotopic (exact) mass is 124 g/mol. The first kappa shape index (κ1) is 7.75. The van der Waals surface area contributed by atoms with Gasteiger partial charge in [0.25, 0.3) is 5.91 Å². The van der Waals surface area contributed by atoms with E-state index in [2.05, 4.69) is 18.3 Å². The van der Waals surface area contributed by atoms with E-state index in [-0.39, 0.29) is 6.42 Å². The van der Waals surface area contributed by atoms with Crippen LogP contribution >= 0.6 is 0 Å². The predicted molar refractivity (Wildman–Crippen MR) is 37.1 cm³/mol. The summed E-state index contributed by atoms with van der Waals surface area (Å²) in [7, 11) is 0. The SMILES string of the molecule is C=NC(=O)C(=C)CC=N. The highest BCUT2D eigenvalue weighted by Gasteiger charge is 1.99. The number of carbonyl (C=O) groups is 1. The second kappa shape index (κ2) is 3.72. The summed E-state index contributed by atoms with van der Waals surface area (Å²) in [5.74, 6) is -0.432. The van der Waals surface area contributed by atoms with Crippen LogP contribution in [0.3, 0.4) is 0 Å². The molecule has 0 aliphatic heterocycles. The van der Waals surface area contributed by atoms with Gasteiger partial charge in [0, 0.05) is 12.0 Å². The maximum atomic E-state index is 10.5. The highest BCUT2D eigenvalue weighted by atomic mass is 16.1. The van der Waals surface area contributed by atoms with Crippen LogP contribution in [0.5, 0.6) is 0 Å². The molecule has 48 valence electrons. The van der Waals surface area contributed by atoms with Crippen LogP contribution in [0.2, 0.25) is 0 Å². The normalized spacial score (nSPS) is 8.00. The fourth-order valence-electron chi connectivity index (χ4n) is 0.322. The first-order chi connectivity index (χ1) is 4.22. The zero-order chi connectivity index (χ0) is 7.28. The van der Waals surface area contributed by atoms with Crippen LogP contribution in [-0.4, -0.2) is 18.8 Å². The summed E-state index contributed by atoms with van der Waals surface area (Å²) in [6.45, 7) is 6.41. The van der Waals surface area contributed by atoms with Crippen molar-refractivity contribution in [3.63, 3.8) is 0 Å². The molecule has 0 unspecified atom stereocenters. The summed E-state index contributed by atoms with van der Waals surface area (Å²) < 4.78 is 0. The molecule has 0 heterocycles. The summed E-state index contributed by atoms with van der Waals surface area (Å²) in [6.07, 6.45) is 1.36. The Balaban J connectivity index is 3.87. The fourth-order valence-corrected chi connectivity index (χ4v) is 0.322. The third kappa shape index (κ3) is 2.54. The van der Waals surface area contributed by atoms with E-state index in [1.807, 2.05) is 0 Å². The summed E-state index contributed by atoms with van der Waals surface area (Å²) in [5.41, 5.74) is 0.306. The molecule has 0 fully saturated rings. The van der Waals surface area contributed by atoms with Crippen LogP contribution in [0.4, 0.5) is 0 Å². The minimum Gasteiger partial charge on any atom is -0.313 e. The topological polar surface area (TPSA) is 53.3 Å². The number of hydrogen-bond donors (Lipinski definition) is 1. The van der Waals surface area contributed by atoms with Gasteiger partial charge in [-0.15, -0.1) is 0 Å². The van der Waals surface area contributed by atoms with Crippen molar-refractivity contribution >= 4 is 18.8 Å². The molecule has 0 aromatic rings. The Labute approximate surface area is 53.6 Å². The average molecular weight is 124 g/mol. The van der Waals surface area contributed by atoms with E-state index in [0.29, 0.717) is 5.57 Å². The highest BCUT2D eigenvalue weighted by molar-refractivity contribution is 5.97. The van der Waals surface area contributed by atoms with Gasteiger partial charge in [-0.25, -0.2) is 4.99 Å². The highest BCUT2D eigenvalue weighted by Crippen LogP contribution is 1.95. The van der Waals surface area contributed by atoms with Gasteiger partial charge >= 0.3 is 0 Å². The first-order valence-electron chi connectivity index (χ1n) is 2.40. The Bertz CT molecular complexity index is 160. The van der Waals surface area contributed by atoms with E-state index in [9.17, 15) is 4.79 Å². The zero-order valence-corrected chi connectivity index (χ0v) is 5.05. The molecule has 0 radical (unpaired) electrons. The lowest BCUT2D eigenvalue weighted by atomic mass is 10.2. The smallest absolute Gasteiger partial charge is 0.272 e. The molecular weight excluding hydrogens is 116 g/mol. The second-order valence-electron chi connectivity index (χ2n) is 1.48. The third-order valence-electron chi connectivity index (χ3n) is 0.795. The Morgan fingerprint density at radius 1 is 1.78 bits per heavy atom. The number of aliphatic imine (C=N–C) groups is 1. The first-order valence-corrected chi connectivity index (χ1v) is 2.40. The molecule has 1 N–H and O–H groups in total. The summed E-state index contributed by atoms with van der Waals surface area (Å²) in [6, 6.07) is 0. The van der Waals surface area contributed by atoms with Gasteiger partial charge in [0.2, 0.25) is 0 Å². The van der Waals surface area contributed by atoms with Crippen molar-refractivity contribution in [3.8, 4) is 0 Å². The van der Waals surface area contributed by atoms with E-state index in [4.69, 9.17) is 5.41 Å². The van der Waals surface area contributed by atoms with Crippen molar-refractivity contribution in [2.24, 2.45) is 4.99 Å². The van der Waals surface area contributed by atoms with Gasteiger partial charge in [0.05, 0.1) is 0 Å². The number of rotatable bonds is 3. The second-order valence-corrected chi connectivity index (χ2v) is 1.48. The molecule has 1 amide bonds. The molecule has 0 aromatic carbocycles. The van der Waals surface area contributed by atoms with E-state index in [1.165, 1.54) is 0 Å². The van der Waals surface area contributed by atoms with Gasteiger partial charge in [-0.3, -0.25) is 4.79 Å². The number of amides is 1. The van der Waals surface area contributed by atoms with Gasteiger partial charge in [0.15, 0.2) is 0 Å². The molecule has 0 aliphatic rings. The van der Waals surface area contributed by atoms with E-state index >= 15 is 0 Å². The Morgan fingerprint density at radius 3 is 2.67 bits per heavy atom. The molecule has 0 aromatic heterocycles. The molecule has 3 heteroatoms. The van der Waals surface area contributed by atoms with E-state index < -0.39 is 5.91 Å². The minimum atomic E-state index is -0.432. The predicted octanol–water partition coefficient (Wildman–Crippen LogP) is 0.809. The van der Waals surface area contributed by atoms with Crippen LogP contribution in [-0.2, 0) is 4.79 Å². The van der Waals surface area contributed by atoms with Gasteiger partial charge in [-0.1, -0.05) is 6.58 Å². The molecule has 0 rings (SSSR count). The lowest BCUT2D eigenvalue weighted by Gasteiger charge is -1.90. The maximum Gasteiger partial charge on any atom is 0.272 e. The standard InChI is InChI=1S/C6H8N2O/c1-5(3-4-7)6(9)8-2/h4,7H,1-3H2. The van der Waals surface area contributed by atoms with E-state index in [0.717, 1.165) is 6.21 Å². The minimum absolute atomic E-state index is 0.262. The van der Waals surface area contributed by atoms with Crippen LogP contribution in [0, 0.1) is 5.41 Å². The molecule has 0 saturated heterocycles. The van der Waals surface area contributed by atoms with Crippen molar-refractivity contribution in [3.05, 3.63) is 12.2 Å². The Kier molecular flexibility index (Phi) is 3.20. The van der Waals surface area contributed by atoms with Crippen molar-refractivity contribution in [2.75, 3.05) is 0 Å². The molecule has 0 saturated carbocycles. The number of nitrogens with one attached hydrogen (secondary N) is 1. The van der Waals surface area contributed by atoms with Crippen LogP contribution < -0.4 is 0 Å². The van der Waals surface area contributed by atoms with Crippen LogP contribution in [0.15, 0.2) is 17.1 Å². The maximum absolute atomic E-state index is 10.5. The molecule has 9 heavy (non-hydrogen) atoms. The number of nitrogens with zero attached hydrogens (tertiary/aromatic N) is 1. The largest absolute Gasteiger partial charge is 0.313 e. The number of hydrogen-bond acceptors (Lipinski definition) is 2. The molecule has 3 nitrogen and oxygen atoms in total. The van der Waals surface area contributed by atoms with Gasteiger partial charge < -0.3 is 5.41 Å².